The van der Waals surface area contributed by atoms with Gasteiger partial charge in [-0.15, -0.1) is 0 Å². The first kappa shape index (κ1) is 15.7. The minimum atomic E-state index is -0.508. The first-order chi connectivity index (χ1) is 9.95. The van der Waals surface area contributed by atoms with E-state index in [0.29, 0.717) is 10.0 Å². The molecule has 1 amide bonds. The Morgan fingerprint density at radius 3 is 2.43 bits per heavy atom. The monoisotopic (exact) mass is 371 g/mol. The van der Waals surface area contributed by atoms with E-state index < -0.39 is 11.7 Å². The highest BCUT2D eigenvalue weighted by Gasteiger charge is 2.09. The van der Waals surface area contributed by atoms with Crippen molar-refractivity contribution < 1.29 is 13.6 Å². The molecule has 108 valence electrons. The maximum atomic E-state index is 13.1. The van der Waals surface area contributed by atoms with Gasteiger partial charge in [-0.05, 0) is 51.8 Å². The van der Waals surface area contributed by atoms with Gasteiger partial charge < -0.3 is 5.32 Å². The van der Waals surface area contributed by atoms with Crippen molar-refractivity contribution in [1.29, 1.82) is 0 Å². The molecule has 0 unspecified atom stereocenters. The van der Waals surface area contributed by atoms with Crippen LogP contribution in [0.3, 0.4) is 0 Å². The van der Waals surface area contributed by atoms with Gasteiger partial charge in [0.15, 0.2) is 0 Å². The van der Waals surface area contributed by atoms with Crippen molar-refractivity contribution in [2.75, 3.05) is 5.32 Å². The molecule has 0 aliphatic heterocycles. The Hall–Kier alpha value is -1.72. The second-order valence-electron chi connectivity index (χ2n) is 4.12. The molecule has 0 aliphatic carbocycles. The molecular weight excluding hydrogens is 364 g/mol. The van der Waals surface area contributed by atoms with Crippen LogP contribution in [0.4, 0.5) is 14.5 Å². The summed E-state index contributed by atoms with van der Waals surface area (Å²) in [5.41, 5.74) is 0.961. The lowest BCUT2D eigenvalue weighted by molar-refractivity contribution is -0.111. The minimum Gasteiger partial charge on any atom is -0.320 e. The molecule has 6 heteroatoms. The van der Waals surface area contributed by atoms with E-state index in [0.717, 1.165) is 6.07 Å². The maximum Gasteiger partial charge on any atom is 0.248 e. The molecule has 2 aromatic carbocycles. The fourth-order valence-corrected chi connectivity index (χ4v) is 2.47. The topological polar surface area (TPSA) is 29.1 Å². The molecule has 2 nitrogen and oxygen atoms in total. The quantitative estimate of drug-likeness (QED) is 0.752. The minimum absolute atomic E-state index is 0.0883. The zero-order valence-corrected chi connectivity index (χ0v) is 12.9. The molecule has 2 rings (SSSR count). The third-order valence-electron chi connectivity index (χ3n) is 2.55. The summed E-state index contributed by atoms with van der Waals surface area (Å²) in [4.78, 5) is 11.8. The average molecular weight is 373 g/mol. The number of nitrogens with one attached hydrogen (secondary N) is 1. The number of carbonyl (C=O) groups excluding carboxylic acids is 1. The normalized spacial score (nSPS) is 10.9. The summed E-state index contributed by atoms with van der Waals surface area (Å²) in [7, 11) is 0. The average Bonchev–Trinajstić information content (AvgIpc) is 2.42. The SMILES string of the molecule is O=C(/C=C/c1ccc(F)cc1)Nc1c(Cl)cc(F)cc1Br. The molecule has 0 saturated carbocycles. The Labute approximate surface area is 133 Å². The molecular formula is C15H9BrClF2NO. The third kappa shape index (κ3) is 4.37. The highest BCUT2D eigenvalue weighted by atomic mass is 79.9. The molecule has 0 heterocycles. The van der Waals surface area contributed by atoms with Crippen LogP contribution in [0.2, 0.25) is 5.02 Å². The summed E-state index contributed by atoms with van der Waals surface area (Å²) in [6, 6.07) is 7.98. The number of amides is 1. The number of rotatable bonds is 3. The Bertz CT molecular complexity index is 678. The summed E-state index contributed by atoms with van der Waals surface area (Å²) < 4.78 is 26.2. The van der Waals surface area contributed by atoms with Gasteiger partial charge in [0.1, 0.15) is 11.6 Å². The zero-order valence-electron chi connectivity index (χ0n) is 10.5. The molecule has 0 aliphatic rings. The van der Waals surface area contributed by atoms with E-state index in [1.807, 2.05) is 0 Å². The molecule has 2 aromatic rings. The lowest BCUT2D eigenvalue weighted by atomic mass is 10.2. The van der Waals surface area contributed by atoms with Crippen molar-refractivity contribution in [3.05, 3.63) is 69.2 Å². The molecule has 0 atom stereocenters. The van der Waals surface area contributed by atoms with E-state index in [1.54, 1.807) is 12.1 Å². The van der Waals surface area contributed by atoms with Crippen LogP contribution in [0.5, 0.6) is 0 Å². The second kappa shape index (κ2) is 6.83. The molecule has 0 fully saturated rings. The number of anilines is 1. The lowest BCUT2D eigenvalue weighted by Crippen LogP contribution is -2.09. The van der Waals surface area contributed by atoms with E-state index in [-0.39, 0.29) is 16.5 Å². The summed E-state index contributed by atoms with van der Waals surface area (Å²) in [6.07, 6.45) is 2.81. The first-order valence-electron chi connectivity index (χ1n) is 5.85. The third-order valence-corrected chi connectivity index (χ3v) is 3.48. The van der Waals surface area contributed by atoms with E-state index >= 15 is 0 Å². The number of carbonyl (C=O) groups is 1. The highest BCUT2D eigenvalue weighted by Crippen LogP contribution is 2.31. The number of hydrogen-bond acceptors (Lipinski definition) is 1. The Morgan fingerprint density at radius 2 is 1.81 bits per heavy atom. The molecule has 0 radical (unpaired) electrons. The number of hydrogen-bond donors (Lipinski definition) is 1. The maximum absolute atomic E-state index is 13.1. The molecule has 21 heavy (non-hydrogen) atoms. The Kier molecular flexibility index (Phi) is 5.09. The van der Waals surface area contributed by atoms with Crippen LogP contribution in [-0.2, 0) is 4.79 Å². The second-order valence-corrected chi connectivity index (χ2v) is 5.38. The van der Waals surface area contributed by atoms with Crippen molar-refractivity contribution in [3.63, 3.8) is 0 Å². The van der Waals surface area contributed by atoms with Crippen LogP contribution < -0.4 is 5.32 Å². The van der Waals surface area contributed by atoms with Crippen molar-refractivity contribution in [2.24, 2.45) is 0 Å². The van der Waals surface area contributed by atoms with Crippen LogP contribution in [0, 0.1) is 11.6 Å². The van der Waals surface area contributed by atoms with Gasteiger partial charge in [-0.2, -0.15) is 0 Å². The number of benzene rings is 2. The highest BCUT2D eigenvalue weighted by molar-refractivity contribution is 9.10. The zero-order chi connectivity index (χ0) is 15.4. The van der Waals surface area contributed by atoms with E-state index in [1.165, 1.54) is 30.4 Å². The molecule has 0 spiro atoms. The fourth-order valence-electron chi connectivity index (χ4n) is 1.57. The predicted octanol–water partition coefficient (Wildman–Crippen LogP) is 5.03. The van der Waals surface area contributed by atoms with E-state index in [2.05, 4.69) is 21.2 Å². The Balaban J connectivity index is 2.10. The van der Waals surface area contributed by atoms with Crippen molar-refractivity contribution in [3.8, 4) is 0 Å². The van der Waals surface area contributed by atoms with Gasteiger partial charge >= 0.3 is 0 Å². The summed E-state index contributed by atoms with van der Waals surface area (Å²) >= 11 is 8.99. The van der Waals surface area contributed by atoms with Crippen LogP contribution in [0.25, 0.3) is 6.08 Å². The first-order valence-corrected chi connectivity index (χ1v) is 7.02. The molecule has 0 bridgehead atoms. The largest absolute Gasteiger partial charge is 0.320 e. The van der Waals surface area contributed by atoms with Gasteiger partial charge in [-0.3, -0.25) is 4.79 Å². The van der Waals surface area contributed by atoms with Crippen molar-refractivity contribution in [1.82, 2.24) is 0 Å². The standard InChI is InChI=1S/C15H9BrClF2NO/c16-12-7-11(19)8-13(17)15(12)20-14(21)6-3-9-1-4-10(18)5-2-9/h1-8H,(H,20,21)/b6-3+. The molecule has 1 N–H and O–H groups in total. The van der Waals surface area contributed by atoms with Gasteiger partial charge in [0.25, 0.3) is 0 Å². The predicted molar refractivity (Wildman–Crippen MR) is 83.2 cm³/mol. The van der Waals surface area contributed by atoms with Gasteiger partial charge in [0, 0.05) is 10.5 Å². The van der Waals surface area contributed by atoms with E-state index in [4.69, 9.17) is 11.6 Å². The van der Waals surface area contributed by atoms with Crippen LogP contribution in [0.15, 0.2) is 46.9 Å². The summed E-state index contributed by atoms with van der Waals surface area (Å²) in [6.45, 7) is 0. The van der Waals surface area contributed by atoms with Gasteiger partial charge in [0.2, 0.25) is 5.91 Å². The van der Waals surface area contributed by atoms with Gasteiger partial charge in [-0.25, -0.2) is 8.78 Å². The van der Waals surface area contributed by atoms with E-state index in [9.17, 15) is 13.6 Å². The lowest BCUT2D eigenvalue weighted by Gasteiger charge is -2.07. The Morgan fingerprint density at radius 1 is 1.14 bits per heavy atom. The van der Waals surface area contributed by atoms with Crippen molar-refractivity contribution in [2.45, 2.75) is 0 Å². The van der Waals surface area contributed by atoms with Crippen LogP contribution in [-0.4, -0.2) is 5.91 Å². The summed E-state index contributed by atoms with van der Waals surface area (Å²) in [5.74, 6) is -1.29. The molecule has 0 saturated heterocycles. The van der Waals surface area contributed by atoms with Gasteiger partial charge in [0.05, 0.1) is 10.7 Å². The van der Waals surface area contributed by atoms with Crippen LogP contribution >= 0.6 is 27.5 Å². The summed E-state index contributed by atoms with van der Waals surface area (Å²) in [5, 5.41) is 2.63. The fraction of sp³-hybridized carbons (Fsp3) is 0. The smallest absolute Gasteiger partial charge is 0.248 e. The number of halogens is 4. The molecule has 0 aromatic heterocycles. The van der Waals surface area contributed by atoms with Gasteiger partial charge in [-0.1, -0.05) is 23.7 Å². The van der Waals surface area contributed by atoms with Crippen LogP contribution in [0.1, 0.15) is 5.56 Å². The van der Waals surface area contributed by atoms with Crippen molar-refractivity contribution >= 4 is 45.2 Å².